The predicted molar refractivity (Wildman–Crippen MR) is 75.7 cm³/mol. The molecule has 0 aliphatic carbocycles. The van der Waals surface area contributed by atoms with E-state index in [2.05, 4.69) is 0 Å². The summed E-state index contributed by atoms with van der Waals surface area (Å²) >= 11 is 0. The molecule has 0 N–H and O–H groups in total. The molecule has 108 valence electrons. The van der Waals surface area contributed by atoms with Crippen molar-refractivity contribution in [2.45, 2.75) is 46.3 Å². The highest BCUT2D eigenvalue weighted by Gasteiger charge is 2.40. The van der Waals surface area contributed by atoms with Crippen LogP contribution >= 0.6 is 0 Å². The minimum absolute atomic E-state index is 0.100. The second-order valence-corrected chi connectivity index (χ2v) is 6.55. The van der Waals surface area contributed by atoms with Crippen LogP contribution in [0.1, 0.15) is 34.1 Å². The molecule has 0 radical (unpaired) electrons. The predicted octanol–water partition coefficient (Wildman–Crippen LogP) is 3.02. The Morgan fingerprint density at radius 2 is 1.50 bits per heavy atom. The van der Waals surface area contributed by atoms with Gasteiger partial charge in [0.1, 0.15) is 0 Å². The maximum absolute atomic E-state index is 5.80. The molecule has 1 atom stereocenters. The highest BCUT2D eigenvalue weighted by atomic mass is 28.4. The first kappa shape index (κ1) is 17.8. The first-order valence-corrected chi connectivity index (χ1v) is 8.68. The first-order valence-electron chi connectivity index (χ1n) is 6.75. The quantitative estimate of drug-likeness (QED) is 0.429. The van der Waals surface area contributed by atoms with Gasteiger partial charge in [0, 0.05) is 33.0 Å². The summed E-state index contributed by atoms with van der Waals surface area (Å²) < 4.78 is 22.8. The van der Waals surface area contributed by atoms with E-state index in [1.807, 2.05) is 39.8 Å². The van der Waals surface area contributed by atoms with Crippen LogP contribution in [0.3, 0.4) is 0 Å². The molecule has 0 bridgehead atoms. The van der Waals surface area contributed by atoms with E-state index in [1.54, 1.807) is 7.11 Å². The molecule has 0 amide bonds. The highest BCUT2D eigenvalue weighted by Crippen LogP contribution is 2.20. The molecule has 0 saturated heterocycles. The van der Waals surface area contributed by atoms with Gasteiger partial charge in [0.05, 0.1) is 6.10 Å². The van der Waals surface area contributed by atoms with E-state index in [0.29, 0.717) is 19.8 Å². The second kappa shape index (κ2) is 10.7. The number of allylic oxidation sites excluding steroid dienone is 1. The van der Waals surface area contributed by atoms with Crippen molar-refractivity contribution in [3.8, 4) is 0 Å². The molecule has 1 unspecified atom stereocenters. The zero-order chi connectivity index (χ0) is 13.9. The van der Waals surface area contributed by atoms with Crippen LogP contribution in [-0.2, 0) is 18.0 Å². The molecule has 5 heteroatoms. The number of methoxy groups -OCH3 is 1. The Morgan fingerprint density at radius 1 is 1.00 bits per heavy atom. The Morgan fingerprint density at radius 3 is 1.83 bits per heavy atom. The molecule has 0 rings (SSSR count). The van der Waals surface area contributed by atoms with Gasteiger partial charge in [-0.1, -0.05) is 12.2 Å². The number of hydrogen-bond donors (Lipinski definition) is 0. The second-order valence-electron chi connectivity index (χ2n) is 3.82. The topological polar surface area (TPSA) is 36.9 Å². The molecule has 18 heavy (non-hydrogen) atoms. The molecule has 0 aromatic carbocycles. The van der Waals surface area contributed by atoms with Crippen molar-refractivity contribution < 1.29 is 18.0 Å². The van der Waals surface area contributed by atoms with E-state index in [-0.39, 0.29) is 6.10 Å². The lowest BCUT2D eigenvalue weighted by Gasteiger charge is -2.29. The Kier molecular flexibility index (Phi) is 10.6. The van der Waals surface area contributed by atoms with Crippen LogP contribution in [0.2, 0.25) is 6.04 Å². The molecule has 0 saturated carbocycles. The van der Waals surface area contributed by atoms with Crippen molar-refractivity contribution in [3.05, 3.63) is 12.2 Å². The third-order valence-corrected chi connectivity index (χ3v) is 5.62. The molecule has 0 aromatic heterocycles. The van der Waals surface area contributed by atoms with Crippen LogP contribution in [0, 0.1) is 0 Å². The fraction of sp³-hybridized carbons (Fsp3) is 0.846. The van der Waals surface area contributed by atoms with Crippen LogP contribution in [0.25, 0.3) is 0 Å². The van der Waals surface area contributed by atoms with E-state index in [9.17, 15) is 0 Å². The summed E-state index contributed by atoms with van der Waals surface area (Å²) in [4.78, 5) is 0. The smallest absolute Gasteiger partial charge is 0.377 e. The third kappa shape index (κ3) is 6.66. The number of hydrogen-bond acceptors (Lipinski definition) is 4. The lowest BCUT2D eigenvalue weighted by Crippen LogP contribution is -2.46. The van der Waals surface area contributed by atoms with E-state index in [4.69, 9.17) is 18.0 Å². The summed E-state index contributed by atoms with van der Waals surface area (Å²) in [6, 6.07) is 0.783. The van der Waals surface area contributed by atoms with Crippen molar-refractivity contribution in [2.75, 3.05) is 26.9 Å². The molecule has 0 fully saturated rings. The van der Waals surface area contributed by atoms with Crippen molar-refractivity contribution in [3.63, 3.8) is 0 Å². The fourth-order valence-electron chi connectivity index (χ4n) is 1.83. The SMILES string of the molecule is CC=CC(CC[Si](OCC)(OCC)OCC)OC. The van der Waals surface area contributed by atoms with E-state index < -0.39 is 8.80 Å². The first-order chi connectivity index (χ1) is 8.67. The van der Waals surface area contributed by atoms with Gasteiger partial charge in [-0.3, -0.25) is 0 Å². The summed E-state index contributed by atoms with van der Waals surface area (Å²) in [6.45, 7) is 9.76. The number of ether oxygens (including phenoxy) is 1. The molecule has 0 aliphatic rings. The van der Waals surface area contributed by atoms with E-state index in [1.165, 1.54) is 0 Å². The molecule has 0 aliphatic heterocycles. The van der Waals surface area contributed by atoms with Crippen molar-refractivity contribution >= 4 is 8.80 Å². The molecule has 4 nitrogen and oxygen atoms in total. The monoisotopic (exact) mass is 276 g/mol. The Bertz CT molecular complexity index is 204. The fourth-order valence-corrected chi connectivity index (χ4v) is 4.47. The maximum Gasteiger partial charge on any atom is 0.501 e. The summed E-state index contributed by atoms with van der Waals surface area (Å²) in [5.74, 6) is 0. The Hall–Kier alpha value is -0.203. The summed E-state index contributed by atoms with van der Waals surface area (Å²) in [7, 11) is -0.799. The highest BCUT2D eigenvalue weighted by molar-refractivity contribution is 6.60. The molecule has 0 spiro atoms. The van der Waals surface area contributed by atoms with Crippen molar-refractivity contribution in [2.24, 2.45) is 0 Å². The molecule has 0 aromatic rings. The minimum atomic E-state index is -2.52. The molecular weight excluding hydrogens is 248 g/mol. The van der Waals surface area contributed by atoms with Gasteiger partial charge in [-0.2, -0.15) is 0 Å². The Balaban J connectivity index is 4.53. The van der Waals surface area contributed by atoms with Crippen LogP contribution in [-0.4, -0.2) is 41.8 Å². The summed E-state index contributed by atoms with van der Waals surface area (Å²) in [5.41, 5.74) is 0. The minimum Gasteiger partial charge on any atom is -0.377 e. The lowest BCUT2D eigenvalue weighted by atomic mass is 10.2. The normalized spacial score (nSPS) is 14.3. The largest absolute Gasteiger partial charge is 0.501 e. The summed E-state index contributed by atoms with van der Waals surface area (Å²) in [6.07, 6.45) is 5.00. The van der Waals surface area contributed by atoms with E-state index >= 15 is 0 Å². The van der Waals surface area contributed by atoms with Crippen LogP contribution in [0.4, 0.5) is 0 Å². The van der Waals surface area contributed by atoms with Gasteiger partial charge < -0.3 is 18.0 Å². The van der Waals surface area contributed by atoms with Crippen molar-refractivity contribution in [1.82, 2.24) is 0 Å². The van der Waals surface area contributed by atoms with Crippen LogP contribution in [0.15, 0.2) is 12.2 Å². The average Bonchev–Trinajstić information content (AvgIpc) is 2.35. The van der Waals surface area contributed by atoms with E-state index in [0.717, 1.165) is 12.5 Å². The van der Waals surface area contributed by atoms with Gasteiger partial charge in [-0.25, -0.2) is 0 Å². The summed E-state index contributed by atoms with van der Waals surface area (Å²) in [5, 5.41) is 0. The van der Waals surface area contributed by atoms with Gasteiger partial charge >= 0.3 is 8.80 Å². The van der Waals surface area contributed by atoms with Gasteiger partial charge in [0.15, 0.2) is 0 Å². The van der Waals surface area contributed by atoms with Crippen molar-refractivity contribution in [1.29, 1.82) is 0 Å². The Labute approximate surface area is 113 Å². The van der Waals surface area contributed by atoms with Gasteiger partial charge in [0.25, 0.3) is 0 Å². The molecule has 0 heterocycles. The van der Waals surface area contributed by atoms with Crippen LogP contribution < -0.4 is 0 Å². The third-order valence-electron chi connectivity index (χ3n) is 2.54. The van der Waals surface area contributed by atoms with Gasteiger partial charge in [0.2, 0.25) is 0 Å². The van der Waals surface area contributed by atoms with Gasteiger partial charge in [-0.15, -0.1) is 0 Å². The number of rotatable bonds is 11. The standard InChI is InChI=1S/C13H28O4Si/c1-6-10-13(14-5)11-12-18(15-7-2,16-8-3)17-9-4/h6,10,13H,7-9,11-12H2,1-5H3. The van der Waals surface area contributed by atoms with Gasteiger partial charge in [-0.05, 0) is 34.1 Å². The lowest BCUT2D eigenvalue weighted by molar-refractivity contribution is 0.0642. The zero-order valence-electron chi connectivity index (χ0n) is 12.4. The maximum atomic E-state index is 5.80. The molecular formula is C13H28O4Si. The average molecular weight is 276 g/mol. The zero-order valence-corrected chi connectivity index (χ0v) is 13.4. The van der Waals surface area contributed by atoms with Crippen LogP contribution in [0.5, 0.6) is 0 Å².